The number of carbonyl (C=O) groups is 1. The summed E-state index contributed by atoms with van der Waals surface area (Å²) in [6, 6.07) is 0. The SMILES string of the molecule is CCC1(CNC(=O)C2(C)CCCCN2)CC1.Cl. The highest BCUT2D eigenvalue weighted by atomic mass is 35.5. The van der Waals surface area contributed by atoms with Gasteiger partial charge in [0, 0.05) is 6.54 Å². The molecule has 0 spiro atoms. The van der Waals surface area contributed by atoms with Gasteiger partial charge in [-0.2, -0.15) is 0 Å². The lowest BCUT2D eigenvalue weighted by Crippen LogP contribution is -2.57. The van der Waals surface area contributed by atoms with Crippen molar-refractivity contribution in [1.82, 2.24) is 10.6 Å². The minimum absolute atomic E-state index is 0. The van der Waals surface area contributed by atoms with Crippen LogP contribution in [-0.4, -0.2) is 24.5 Å². The zero-order valence-electron chi connectivity index (χ0n) is 11.0. The van der Waals surface area contributed by atoms with Crippen molar-refractivity contribution in [2.24, 2.45) is 5.41 Å². The molecule has 100 valence electrons. The van der Waals surface area contributed by atoms with E-state index in [0.29, 0.717) is 5.41 Å². The third-order valence-electron chi connectivity index (χ3n) is 4.45. The molecule has 2 rings (SSSR count). The number of hydrogen-bond donors (Lipinski definition) is 2. The van der Waals surface area contributed by atoms with E-state index in [2.05, 4.69) is 17.6 Å². The molecule has 2 aliphatic rings. The van der Waals surface area contributed by atoms with E-state index >= 15 is 0 Å². The van der Waals surface area contributed by atoms with Crippen molar-refractivity contribution < 1.29 is 4.79 Å². The molecule has 2 N–H and O–H groups in total. The van der Waals surface area contributed by atoms with Gasteiger partial charge in [0.1, 0.15) is 0 Å². The lowest BCUT2D eigenvalue weighted by Gasteiger charge is -2.34. The van der Waals surface area contributed by atoms with Crippen LogP contribution in [0.2, 0.25) is 0 Å². The van der Waals surface area contributed by atoms with Crippen LogP contribution in [0, 0.1) is 5.41 Å². The summed E-state index contributed by atoms with van der Waals surface area (Å²) in [6.45, 7) is 6.11. The molecule has 4 heteroatoms. The topological polar surface area (TPSA) is 41.1 Å². The number of nitrogens with one attached hydrogen (secondary N) is 2. The third-order valence-corrected chi connectivity index (χ3v) is 4.45. The predicted octanol–water partition coefficient (Wildman–Crippen LogP) is 2.25. The van der Waals surface area contributed by atoms with E-state index in [-0.39, 0.29) is 23.9 Å². The molecule has 1 saturated heterocycles. The molecular weight excluding hydrogens is 236 g/mol. The van der Waals surface area contributed by atoms with Gasteiger partial charge in [-0.3, -0.25) is 4.79 Å². The van der Waals surface area contributed by atoms with E-state index in [4.69, 9.17) is 0 Å². The van der Waals surface area contributed by atoms with Gasteiger partial charge in [-0.05, 0) is 57.4 Å². The van der Waals surface area contributed by atoms with E-state index in [1.807, 2.05) is 6.92 Å². The summed E-state index contributed by atoms with van der Waals surface area (Å²) in [5.41, 5.74) is 0.128. The second-order valence-electron chi connectivity index (χ2n) is 5.75. The summed E-state index contributed by atoms with van der Waals surface area (Å²) < 4.78 is 0. The quantitative estimate of drug-likeness (QED) is 0.814. The maximum Gasteiger partial charge on any atom is 0.240 e. The van der Waals surface area contributed by atoms with E-state index in [9.17, 15) is 4.79 Å². The lowest BCUT2D eigenvalue weighted by atomic mass is 9.89. The molecule has 1 aliphatic heterocycles. The Hall–Kier alpha value is -0.280. The molecule has 1 heterocycles. The minimum Gasteiger partial charge on any atom is -0.354 e. The number of halogens is 1. The first-order valence-electron chi connectivity index (χ1n) is 6.64. The molecule has 0 bridgehead atoms. The van der Waals surface area contributed by atoms with Gasteiger partial charge in [0.25, 0.3) is 0 Å². The maximum atomic E-state index is 12.1. The molecule has 1 aliphatic carbocycles. The van der Waals surface area contributed by atoms with Crippen molar-refractivity contribution in [3.63, 3.8) is 0 Å². The fourth-order valence-corrected chi connectivity index (χ4v) is 2.54. The van der Waals surface area contributed by atoms with Crippen LogP contribution < -0.4 is 10.6 Å². The Kier molecular flexibility index (Phi) is 4.85. The van der Waals surface area contributed by atoms with Crippen LogP contribution in [0.4, 0.5) is 0 Å². The molecule has 1 unspecified atom stereocenters. The van der Waals surface area contributed by atoms with E-state index < -0.39 is 0 Å². The molecular formula is C13H25ClN2O. The third kappa shape index (κ3) is 3.35. The second-order valence-corrected chi connectivity index (χ2v) is 5.75. The lowest BCUT2D eigenvalue weighted by molar-refractivity contribution is -0.128. The van der Waals surface area contributed by atoms with Crippen molar-refractivity contribution in [2.75, 3.05) is 13.1 Å². The van der Waals surface area contributed by atoms with Crippen LogP contribution in [0.25, 0.3) is 0 Å². The molecule has 3 nitrogen and oxygen atoms in total. The van der Waals surface area contributed by atoms with Crippen molar-refractivity contribution in [1.29, 1.82) is 0 Å². The summed E-state index contributed by atoms with van der Waals surface area (Å²) in [7, 11) is 0. The van der Waals surface area contributed by atoms with Gasteiger partial charge in [0.05, 0.1) is 5.54 Å². The van der Waals surface area contributed by atoms with Crippen LogP contribution in [0.5, 0.6) is 0 Å². The fourth-order valence-electron chi connectivity index (χ4n) is 2.54. The molecule has 1 atom stereocenters. The zero-order chi connectivity index (χ0) is 11.6. The van der Waals surface area contributed by atoms with Crippen LogP contribution in [0.3, 0.4) is 0 Å². The predicted molar refractivity (Wildman–Crippen MR) is 72.5 cm³/mol. The molecule has 17 heavy (non-hydrogen) atoms. The summed E-state index contributed by atoms with van der Waals surface area (Å²) >= 11 is 0. The summed E-state index contributed by atoms with van der Waals surface area (Å²) in [6.07, 6.45) is 7.09. The second kappa shape index (κ2) is 5.57. The smallest absolute Gasteiger partial charge is 0.240 e. The summed E-state index contributed by atoms with van der Waals surface area (Å²) in [5.74, 6) is 0.201. The van der Waals surface area contributed by atoms with Gasteiger partial charge in [-0.25, -0.2) is 0 Å². The molecule has 0 aromatic carbocycles. The summed E-state index contributed by atoms with van der Waals surface area (Å²) in [4.78, 5) is 12.1. The first-order valence-corrected chi connectivity index (χ1v) is 6.64. The van der Waals surface area contributed by atoms with Crippen molar-refractivity contribution in [3.05, 3.63) is 0 Å². The highest BCUT2D eigenvalue weighted by molar-refractivity contribution is 5.86. The monoisotopic (exact) mass is 260 g/mol. The largest absolute Gasteiger partial charge is 0.354 e. The standard InChI is InChI=1S/C13H24N2O.ClH/c1-3-13(7-8-13)10-14-11(16)12(2)6-4-5-9-15-12;/h15H,3-10H2,1-2H3,(H,14,16);1H. The first-order chi connectivity index (χ1) is 7.60. The first kappa shape index (κ1) is 14.8. The Balaban J connectivity index is 0.00000144. The Labute approximate surface area is 111 Å². The van der Waals surface area contributed by atoms with Crippen molar-refractivity contribution >= 4 is 18.3 Å². The Morgan fingerprint density at radius 1 is 1.29 bits per heavy atom. The number of piperidine rings is 1. The number of amides is 1. The van der Waals surface area contributed by atoms with Gasteiger partial charge < -0.3 is 10.6 Å². The molecule has 0 aromatic rings. The molecule has 2 fully saturated rings. The van der Waals surface area contributed by atoms with Crippen molar-refractivity contribution in [2.45, 2.75) is 57.9 Å². The van der Waals surface area contributed by atoms with E-state index in [0.717, 1.165) is 25.9 Å². The van der Waals surface area contributed by atoms with Gasteiger partial charge in [-0.1, -0.05) is 6.92 Å². The van der Waals surface area contributed by atoms with E-state index in [1.165, 1.54) is 25.7 Å². The van der Waals surface area contributed by atoms with Crippen LogP contribution in [0.1, 0.15) is 52.4 Å². The molecule has 0 aromatic heterocycles. The Bertz CT molecular complexity index is 271. The molecule has 1 amide bonds. The van der Waals surface area contributed by atoms with Crippen LogP contribution in [0.15, 0.2) is 0 Å². The average molecular weight is 261 g/mol. The molecule has 0 radical (unpaired) electrons. The van der Waals surface area contributed by atoms with Gasteiger partial charge in [0.2, 0.25) is 5.91 Å². The number of carbonyl (C=O) groups excluding carboxylic acids is 1. The number of hydrogen-bond acceptors (Lipinski definition) is 2. The highest BCUT2D eigenvalue weighted by Crippen LogP contribution is 2.47. The minimum atomic E-state index is -0.317. The zero-order valence-corrected chi connectivity index (χ0v) is 11.8. The fraction of sp³-hybridized carbons (Fsp3) is 0.923. The Morgan fingerprint density at radius 2 is 2.00 bits per heavy atom. The van der Waals surface area contributed by atoms with Crippen molar-refractivity contribution in [3.8, 4) is 0 Å². The van der Waals surface area contributed by atoms with Crippen LogP contribution in [-0.2, 0) is 4.79 Å². The van der Waals surface area contributed by atoms with Gasteiger partial charge >= 0.3 is 0 Å². The van der Waals surface area contributed by atoms with E-state index in [1.54, 1.807) is 0 Å². The van der Waals surface area contributed by atoms with Gasteiger partial charge in [-0.15, -0.1) is 12.4 Å². The normalized spacial score (nSPS) is 30.2. The summed E-state index contributed by atoms with van der Waals surface area (Å²) in [5, 5.41) is 6.50. The average Bonchev–Trinajstić information content (AvgIpc) is 3.07. The number of rotatable bonds is 4. The maximum absolute atomic E-state index is 12.1. The highest BCUT2D eigenvalue weighted by Gasteiger charge is 2.42. The molecule has 1 saturated carbocycles. The van der Waals surface area contributed by atoms with Crippen LogP contribution >= 0.6 is 12.4 Å². The Morgan fingerprint density at radius 3 is 2.47 bits per heavy atom. The van der Waals surface area contributed by atoms with Gasteiger partial charge in [0.15, 0.2) is 0 Å².